The van der Waals surface area contributed by atoms with E-state index >= 15 is 0 Å². The van der Waals surface area contributed by atoms with E-state index in [9.17, 15) is 0 Å². The lowest BCUT2D eigenvalue weighted by molar-refractivity contribution is 0.539. The van der Waals surface area contributed by atoms with Crippen molar-refractivity contribution in [3.63, 3.8) is 0 Å². The van der Waals surface area contributed by atoms with Gasteiger partial charge in [0.25, 0.3) is 0 Å². The maximum absolute atomic E-state index is 2.24. The molecule has 2 aliphatic rings. The summed E-state index contributed by atoms with van der Waals surface area (Å²) in [5, 5.41) is 2.18. The number of fused-ring (bicyclic) bond motifs is 1. The van der Waals surface area contributed by atoms with Crippen molar-refractivity contribution in [1.82, 2.24) is 0 Å². The predicted molar refractivity (Wildman–Crippen MR) is 52.1 cm³/mol. The zero-order chi connectivity index (χ0) is 7.52. The van der Waals surface area contributed by atoms with Gasteiger partial charge >= 0.3 is 0 Å². The Morgan fingerprint density at radius 2 is 1.09 bits per heavy atom. The lowest BCUT2D eigenvalue weighted by Crippen LogP contribution is -1.96. The molecule has 1 heteroatoms. The molecule has 0 amide bonds. The molecule has 1 saturated carbocycles. The summed E-state index contributed by atoms with van der Waals surface area (Å²) in [7, 11) is 0. The molecule has 0 aromatic heterocycles. The van der Waals surface area contributed by atoms with Crippen molar-refractivity contribution in [2.75, 3.05) is 0 Å². The van der Waals surface area contributed by atoms with Crippen molar-refractivity contribution in [2.24, 2.45) is 0 Å². The highest BCUT2D eigenvalue weighted by Gasteiger charge is 2.36. The standard InChI is InChI=1S/C10H18S/c1-2-4-6-8-10-9(11-10)7-5-3-1/h9-10H,1-8H2. The fourth-order valence-electron chi connectivity index (χ4n) is 2.09. The molecule has 0 spiro atoms. The van der Waals surface area contributed by atoms with Crippen molar-refractivity contribution < 1.29 is 0 Å². The second-order valence-corrected chi connectivity index (χ2v) is 5.39. The minimum absolute atomic E-state index is 1.09. The molecule has 0 aromatic carbocycles. The Morgan fingerprint density at radius 3 is 1.64 bits per heavy atom. The molecule has 1 saturated heterocycles. The number of hydrogen-bond acceptors (Lipinski definition) is 1. The molecule has 64 valence electrons. The molecule has 2 unspecified atom stereocenters. The van der Waals surface area contributed by atoms with Crippen molar-refractivity contribution in [3.8, 4) is 0 Å². The van der Waals surface area contributed by atoms with Gasteiger partial charge in [0.1, 0.15) is 0 Å². The number of hydrogen-bond donors (Lipinski definition) is 0. The molecular formula is C10H18S. The summed E-state index contributed by atoms with van der Waals surface area (Å²) in [5.41, 5.74) is 0. The summed E-state index contributed by atoms with van der Waals surface area (Å²) < 4.78 is 0. The third-order valence-electron chi connectivity index (χ3n) is 2.91. The van der Waals surface area contributed by atoms with Crippen LogP contribution in [0, 0.1) is 0 Å². The van der Waals surface area contributed by atoms with Gasteiger partial charge in [-0.15, -0.1) is 0 Å². The van der Waals surface area contributed by atoms with Crippen molar-refractivity contribution >= 4 is 11.8 Å². The highest BCUT2D eigenvalue weighted by molar-refractivity contribution is 8.07. The summed E-state index contributed by atoms with van der Waals surface area (Å²) in [5.74, 6) is 0. The molecule has 1 heterocycles. The van der Waals surface area contributed by atoms with E-state index in [4.69, 9.17) is 0 Å². The van der Waals surface area contributed by atoms with Gasteiger partial charge in [-0.25, -0.2) is 0 Å². The minimum atomic E-state index is 1.09. The normalized spacial score (nSPS) is 39.3. The van der Waals surface area contributed by atoms with Gasteiger partial charge in [0, 0.05) is 10.5 Å². The van der Waals surface area contributed by atoms with Gasteiger partial charge in [-0.1, -0.05) is 38.5 Å². The first-order valence-corrected chi connectivity index (χ1v) is 6.06. The van der Waals surface area contributed by atoms with Crippen molar-refractivity contribution in [2.45, 2.75) is 61.9 Å². The highest BCUT2D eigenvalue weighted by atomic mass is 32.2. The van der Waals surface area contributed by atoms with Crippen LogP contribution in [0.25, 0.3) is 0 Å². The van der Waals surface area contributed by atoms with E-state index in [1.54, 1.807) is 0 Å². The first-order valence-electron chi connectivity index (χ1n) is 5.12. The Morgan fingerprint density at radius 1 is 0.636 bits per heavy atom. The smallest absolute Gasteiger partial charge is 0.0169 e. The molecule has 1 aliphatic heterocycles. The van der Waals surface area contributed by atoms with Gasteiger partial charge in [0.2, 0.25) is 0 Å². The fraction of sp³-hybridized carbons (Fsp3) is 1.00. The van der Waals surface area contributed by atoms with Crippen LogP contribution in [0.5, 0.6) is 0 Å². The molecule has 0 radical (unpaired) electrons. The maximum Gasteiger partial charge on any atom is 0.0169 e. The van der Waals surface area contributed by atoms with E-state index in [1.807, 2.05) is 0 Å². The molecule has 0 aromatic rings. The highest BCUT2D eigenvalue weighted by Crippen LogP contribution is 2.47. The van der Waals surface area contributed by atoms with Gasteiger partial charge in [-0.2, -0.15) is 11.8 Å². The van der Waals surface area contributed by atoms with Crippen LogP contribution in [0.15, 0.2) is 0 Å². The van der Waals surface area contributed by atoms with E-state index in [2.05, 4.69) is 11.8 Å². The topological polar surface area (TPSA) is 0 Å². The van der Waals surface area contributed by atoms with Crippen LogP contribution in [-0.2, 0) is 0 Å². The molecule has 2 fully saturated rings. The molecule has 1 aliphatic carbocycles. The van der Waals surface area contributed by atoms with Gasteiger partial charge in [0.15, 0.2) is 0 Å². The number of rotatable bonds is 0. The fourth-order valence-corrected chi connectivity index (χ4v) is 3.32. The van der Waals surface area contributed by atoms with Gasteiger partial charge in [-0.3, -0.25) is 0 Å². The van der Waals surface area contributed by atoms with E-state index < -0.39 is 0 Å². The van der Waals surface area contributed by atoms with Crippen LogP contribution >= 0.6 is 11.8 Å². The first kappa shape index (κ1) is 7.97. The summed E-state index contributed by atoms with van der Waals surface area (Å²) in [6.07, 6.45) is 12.1. The van der Waals surface area contributed by atoms with E-state index in [1.165, 1.54) is 51.4 Å². The summed E-state index contributed by atoms with van der Waals surface area (Å²) in [4.78, 5) is 0. The van der Waals surface area contributed by atoms with Gasteiger partial charge < -0.3 is 0 Å². The van der Waals surface area contributed by atoms with E-state index in [0.717, 1.165) is 10.5 Å². The maximum atomic E-state index is 2.24. The monoisotopic (exact) mass is 170 g/mol. The molecule has 2 rings (SSSR count). The third-order valence-corrected chi connectivity index (χ3v) is 4.43. The molecule has 0 N–H and O–H groups in total. The lowest BCUT2D eigenvalue weighted by atomic mass is 10.0. The Kier molecular flexibility index (Phi) is 2.78. The number of thioether (sulfide) groups is 1. The van der Waals surface area contributed by atoms with Crippen LogP contribution in [0.3, 0.4) is 0 Å². The average molecular weight is 170 g/mol. The zero-order valence-electron chi connectivity index (χ0n) is 7.22. The lowest BCUT2D eigenvalue weighted by Gasteiger charge is -2.04. The minimum Gasteiger partial charge on any atom is -0.153 e. The Labute approximate surface area is 74.1 Å². The summed E-state index contributed by atoms with van der Waals surface area (Å²) in [6, 6.07) is 0. The Hall–Kier alpha value is 0.350. The Balaban J connectivity index is 1.72. The largest absolute Gasteiger partial charge is 0.153 e. The average Bonchev–Trinajstić information content (AvgIpc) is 2.76. The van der Waals surface area contributed by atoms with Gasteiger partial charge in [0.05, 0.1) is 0 Å². The van der Waals surface area contributed by atoms with E-state index in [0.29, 0.717) is 0 Å². The molecular weight excluding hydrogens is 152 g/mol. The zero-order valence-corrected chi connectivity index (χ0v) is 8.04. The molecule has 11 heavy (non-hydrogen) atoms. The second kappa shape index (κ2) is 3.84. The quantitative estimate of drug-likeness (QED) is 0.500. The summed E-state index contributed by atoms with van der Waals surface area (Å²) >= 11 is 2.24. The molecule has 0 nitrogen and oxygen atoms in total. The molecule has 0 bridgehead atoms. The van der Waals surface area contributed by atoms with E-state index in [-0.39, 0.29) is 0 Å². The SMILES string of the molecule is C1CCCCC2SC2CCC1. The third kappa shape index (κ3) is 2.40. The van der Waals surface area contributed by atoms with Crippen LogP contribution in [0.2, 0.25) is 0 Å². The van der Waals surface area contributed by atoms with Crippen LogP contribution in [-0.4, -0.2) is 10.5 Å². The van der Waals surface area contributed by atoms with Crippen LogP contribution in [0.1, 0.15) is 51.4 Å². The Bertz CT molecular complexity index is 108. The van der Waals surface area contributed by atoms with Crippen LogP contribution in [0.4, 0.5) is 0 Å². The predicted octanol–water partition coefficient (Wildman–Crippen LogP) is 3.60. The van der Waals surface area contributed by atoms with Crippen molar-refractivity contribution in [1.29, 1.82) is 0 Å². The second-order valence-electron chi connectivity index (χ2n) is 3.91. The molecule has 2 atom stereocenters. The van der Waals surface area contributed by atoms with Crippen LogP contribution < -0.4 is 0 Å². The van der Waals surface area contributed by atoms with Crippen molar-refractivity contribution in [3.05, 3.63) is 0 Å². The first-order chi connectivity index (χ1) is 5.47. The summed E-state index contributed by atoms with van der Waals surface area (Å²) in [6.45, 7) is 0. The van der Waals surface area contributed by atoms with Gasteiger partial charge in [-0.05, 0) is 12.8 Å².